The van der Waals surface area contributed by atoms with Crippen molar-refractivity contribution < 1.29 is 4.79 Å². The van der Waals surface area contributed by atoms with E-state index in [1.165, 1.54) is 0 Å². The average Bonchev–Trinajstić information content (AvgIpc) is 2.31. The van der Waals surface area contributed by atoms with Crippen LogP contribution in [-0.2, 0) is 4.79 Å². The van der Waals surface area contributed by atoms with Gasteiger partial charge in [-0.15, -0.1) is 0 Å². The number of amides is 1. The number of carbonyl (C=O) groups is 1. The highest BCUT2D eigenvalue weighted by molar-refractivity contribution is 5.84. The van der Waals surface area contributed by atoms with Gasteiger partial charge in [-0.1, -0.05) is 13.8 Å². The number of nitrogens with two attached hydrogens (primary N) is 1. The minimum atomic E-state index is -0.586. The first-order valence-electron chi connectivity index (χ1n) is 6.62. The molecule has 4 heteroatoms. The van der Waals surface area contributed by atoms with Crippen LogP contribution in [0.2, 0.25) is 0 Å². The standard InChI is InChI=1S/C13H29N3O/c1-6-9-15-13(4,12(14)17)8-10-16(5)11(3)7-2/h11,15H,6-10H2,1-5H3,(H2,14,17). The summed E-state index contributed by atoms with van der Waals surface area (Å²) in [5.74, 6) is -0.261. The summed E-state index contributed by atoms with van der Waals surface area (Å²) < 4.78 is 0. The zero-order valence-corrected chi connectivity index (χ0v) is 12.0. The maximum atomic E-state index is 11.5. The summed E-state index contributed by atoms with van der Waals surface area (Å²) in [5.41, 5.74) is 4.90. The summed E-state index contributed by atoms with van der Waals surface area (Å²) in [6.07, 6.45) is 2.87. The normalized spacial score (nSPS) is 16.8. The van der Waals surface area contributed by atoms with E-state index < -0.39 is 5.54 Å². The van der Waals surface area contributed by atoms with Gasteiger partial charge >= 0.3 is 0 Å². The van der Waals surface area contributed by atoms with E-state index in [9.17, 15) is 4.79 Å². The van der Waals surface area contributed by atoms with E-state index in [1.807, 2.05) is 6.92 Å². The molecule has 0 fully saturated rings. The molecule has 0 radical (unpaired) electrons. The molecule has 102 valence electrons. The third-order valence-electron chi connectivity index (χ3n) is 3.62. The van der Waals surface area contributed by atoms with Gasteiger partial charge in [0.15, 0.2) is 0 Å². The van der Waals surface area contributed by atoms with Crippen molar-refractivity contribution in [2.24, 2.45) is 5.73 Å². The third kappa shape index (κ3) is 5.50. The second-order valence-electron chi connectivity index (χ2n) is 5.11. The summed E-state index contributed by atoms with van der Waals surface area (Å²) in [6.45, 7) is 10.1. The Kier molecular flexibility index (Phi) is 7.39. The SMILES string of the molecule is CCCNC(C)(CCN(C)C(C)CC)C(N)=O. The fourth-order valence-corrected chi connectivity index (χ4v) is 1.63. The Morgan fingerprint density at radius 3 is 2.47 bits per heavy atom. The van der Waals surface area contributed by atoms with Gasteiger partial charge in [0.25, 0.3) is 0 Å². The molecule has 0 aliphatic heterocycles. The van der Waals surface area contributed by atoms with Gasteiger partial charge in [0, 0.05) is 12.6 Å². The van der Waals surface area contributed by atoms with Crippen LogP contribution in [-0.4, -0.2) is 42.5 Å². The molecule has 1 amide bonds. The number of rotatable bonds is 9. The molecule has 0 aliphatic rings. The van der Waals surface area contributed by atoms with Crippen molar-refractivity contribution in [2.75, 3.05) is 20.1 Å². The minimum absolute atomic E-state index is 0.261. The Hall–Kier alpha value is -0.610. The number of hydrogen-bond donors (Lipinski definition) is 2. The van der Waals surface area contributed by atoms with Gasteiger partial charge in [0.2, 0.25) is 5.91 Å². The molecule has 0 aliphatic carbocycles. The molecule has 0 spiro atoms. The van der Waals surface area contributed by atoms with E-state index in [4.69, 9.17) is 5.73 Å². The predicted octanol–water partition coefficient (Wildman–Crippen LogP) is 1.35. The van der Waals surface area contributed by atoms with Crippen molar-refractivity contribution >= 4 is 5.91 Å². The largest absolute Gasteiger partial charge is 0.368 e. The van der Waals surface area contributed by atoms with Crippen molar-refractivity contribution in [2.45, 2.75) is 58.5 Å². The zero-order valence-electron chi connectivity index (χ0n) is 12.0. The quantitative estimate of drug-likeness (QED) is 0.643. The number of nitrogens with zero attached hydrogens (tertiary/aromatic N) is 1. The van der Waals surface area contributed by atoms with Crippen LogP contribution in [0.25, 0.3) is 0 Å². The number of hydrogen-bond acceptors (Lipinski definition) is 3. The lowest BCUT2D eigenvalue weighted by atomic mass is 9.96. The Bertz CT molecular complexity index is 233. The fraction of sp³-hybridized carbons (Fsp3) is 0.923. The predicted molar refractivity (Wildman–Crippen MR) is 72.9 cm³/mol. The molecule has 0 saturated heterocycles. The van der Waals surface area contributed by atoms with Crippen molar-refractivity contribution in [1.29, 1.82) is 0 Å². The summed E-state index contributed by atoms with van der Waals surface area (Å²) in [4.78, 5) is 13.8. The van der Waals surface area contributed by atoms with Crippen LogP contribution < -0.4 is 11.1 Å². The van der Waals surface area contributed by atoms with Crippen LogP contribution in [0.15, 0.2) is 0 Å². The Morgan fingerprint density at radius 1 is 1.47 bits per heavy atom. The molecular formula is C13H29N3O. The van der Waals surface area contributed by atoms with E-state index in [1.54, 1.807) is 0 Å². The molecule has 2 atom stereocenters. The van der Waals surface area contributed by atoms with Gasteiger partial charge in [-0.25, -0.2) is 0 Å². The zero-order chi connectivity index (χ0) is 13.5. The minimum Gasteiger partial charge on any atom is -0.368 e. The van der Waals surface area contributed by atoms with Gasteiger partial charge in [-0.05, 0) is 46.7 Å². The first-order valence-corrected chi connectivity index (χ1v) is 6.62. The summed E-state index contributed by atoms with van der Waals surface area (Å²) in [6, 6.07) is 0.540. The molecule has 0 rings (SSSR count). The van der Waals surface area contributed by atoms with Crippen LogP contribution in [0.3, 0.4) is 0 Å². The van der Waals surface area contributed by atoms with Gasteiger partial charge < -0.3 is 16.0 Å². The summed E-state index contributed by atoms with van der Waals surface area (Å²) in [5, 5.41) is 3.26. The lowest BCUT2D eigenvalue weighted by molar-refractivity contribution is -0.124. The van der Waals surface area contributed by atoms with E-state index in [0.29, 0.717) is 6.04 Å². The maximum absolute atomic E-state index is 11.5. The molecule has 0 aromatic rings. The van der Waals surface area contributed by atoms with Gasteiger partial charge in [0.05, 0.1) is 5.54 Å². The average molecular weight is 243 g/mol. The molecule has 2 unspecified atom stereocenters. The molecule has 0 aromatic carbocycles. The van der Waals surface area contributed by atoms with Crippen molar-refractivity contribution in [3.63, 3.8) is 0 Å². The smallest absolute Gasteiger partial charge is 0.237 e. The van der Waals surface area contributed by atoms with Gasteiger partial charge in [-0.2, -0.15) is 0 Å². The second kappa shape index (κ2) is 7.67. The van der Waals surface area contributed by atoms with E-state index >= 15 is 0 Å². The maximum Gasteiger partial charge on any atom is 0.237 e. The molecule has 0 aromatic heterocycles. The lowest BCUT2D eigenvalue weighted by Gasteiger charge is -2.31. The number of nitrogens with one attached hydrogen (secondary N) is 1. The molecule has 0 saturated carbocycles. The monoisotopic (exact) mass is 243 g/mol. The van der Waals surface area contributed by atoms with Gasteiger partial charge in [-0.3, -0.25) is 4.79 Å². The first-order chi connectivity index (χ1) is 7.87. The number of carbonyl (C=O) groups excluding carboxylic acids is 1. The highest BCUT2D eigenvalue weighted by Crippen LogP contribution is 2.12. The Balaban J connectivity index is 4.31. The molecule has 0 heterocycles. The third-order valence-corrected chi connectivity index (χ3v) is 3.62. The van der Waals surface area contributed by atoms with Crippen LogP contribution in [0.4, 0.5) is 0 Å². The van der Waals surface area contributed by atoms with Crippen LogP contribution in [0.1, 0.15) is 47.0 Å². The second-order valence-corrected chi connectivity index (χ2v) is 5.11. The van der Waals surface area contributed by atoms with Crippen molar-refractivity contribution in [3.8, 4) is 0 Å². The highest BCUT2D eigenvalue weighted by Gasteiger charge is 2.30. The van der Waals surface area contributed by atoms with Crippen LogP contribution >= 0.6 is 0 Å². The van der Waals surface area contributed by atoms with E-state index in [0.717, 1.165) is 32.4 Å². The van der Waals surface area contributed by atoms with E-state index in [2.05, 4.69) is 38.0 Å². The van der Waals surface area contributed by atoms with E-state index in [-0.39, 0.29) is 5.91 Å². The molecule has 3 N–H and O–H groups in total. The molecular weight excluding hydrogens is 214 g/mol. The number of primary amides is 1. The Labute approximate surface area is 106 Å². The highest BCUT2D eigenvalue weighted by atomic mass is 16.1. The molecule has 4 nitrogen and oxygen atoms in total. The Morgan fingerprint density at radius 2 is 2.06 bits per heavy atom. The van der Waals surface area contributed by atoms with Gasteiger partial charge in [0.1, 0.15) is 0 Å². The van der Waals surface area contributed by atoms with Crippen molar-refractivity contribution in [3.05, 3.63) is 0 Å². The first kappa shape index (κ1) is 16.4. The van der Waals surface area contributed by atoms with Crippen LogP contribution in [0, 0.1) is 0 Å². The van der Waals surface area contributed by atoms with Crippen molar-refractivity contribution in [1.82, 2.24) is 10.2 Å². The molecule has 0 bridgehead atoms. The fourth-order valence-electron chi connectivity index (χ4n) is 1.63. The lowest BCUT2D eigenvalue weighted by Crippen LogP contribution is -2.55. The van der Waals surface area contributed by atoms with Crippen LogP contribution in [0.5, 0.6) is 0 Å². The summed E-state index contributed by atoms with van der Waals surface area (Å²) in [7, 11) is 2.09. The summed E-state index contributed by atoms with van der Waals surface area (Å²) >= 11 is 0. The topological polar surface area (TPSA) is 58.4 Å². The molecule has 17 heavy (non-hydrogen) atoms.